The van der Waals surface area contributed by atoms with Gasteiger partial charge in [-0.1, -0.05) is 24.3 Å². The maximum atomic E-state index is 13.3. The quantitative estimate of drug-likeness (QED) is 0.582. The molecule has 0 aromatic heterocycles. The normalized spacial score (nSPS) is 23.6. The number of para-hydroxylation sites is 2. The van der Waals surface area contributed by atoms with E-state index < -0.39 is 35.9 Å². The Labute approximate surface area is 165 Å². The van der Waals surface area contributed by atoms with E-state index in [4.69, 9.17) is 4.74 Å². The van der Waals surface area contributed by atoms with Crippen LogP contribution in [-0.2, 0) is 9.53 Å². The second-order valence-corrected chi connectivity index (χ2v) is 6.62. The summed E-state index contributed by atoms with van der Waals surface area (Å²) in [7, 11) is 0. The number of carbonyl (C=O) groups is 2. The van der Waals surface area contributed by atoms with Crippen LogP contribution in [0.25, 0.3) is 0 Å². The summed E-state index contributed by atoms with van der Waals surface area (Å²) in [5.41, 5.74) is 7.26. The Kier molecular flexibility index (Phi) is 5.05. The molecule has 2 aliphatic heterocycles. The smallest absolute Gasteiger partial charge is 0.344 e. The van der Waals surface area contributed by atoms with Gasteiger partial charge in [-0.05, 0) is 36.8 Å². The second-order valence-electron chi connectivity index (χ2n) is 6.62. The first kappa shape index (κ1) is 19.1. The molecule has 10 heteroatoms. The van der Waals surface area contributed by atoms with E-state index in [0.717, 1.165) is 5.01 Å². The third kappa shape index (κ3) is 3.37. The summed E-state index contributed by atoms with van der Waals surface area (Å²) in [5.74, 6) is -1.88. The van der Waals surface area contributed by atoms with Gasteiger partial charge in [-0.25, -0.2) is 20.0 Å². The van der Waals surface area contributed by atoms with Crippen LogP contribution in [0.3, 0.4) is 0 Å². The number of hydrogen-bond donors (Lipinski definition) is 4. The highest BCUT2D eigenvalue weighted by atomic mass is 19.1. The van der Waals surface area contributed by atoms with E-state index in [1.165, 1.54) is 12.1 Å². The monoisotopic (exact) mass is 401 g/mol. The van der Waals surface area contributed by atoms with Crippen LogP contribution in [0.4, 0.5) is 20.6 Å². The van der Waals surface area contributed by atoms with Crippen molar-refractivity contribution in [3.05, 3.63) is 59.9 Å². The second kappa shape index (κ2) is 7.66. The molecule has 0 spiro atoms. The number of hydrogen-bond acceptors (Lipinski definition) is 7. The molecule has 4 N–H and O–H groups in total. The molecule has 9 nitrogen and oxygen atoms in total. The minimum atomic E-state index is -0.970. The fourth-order valence-electron chi connectivity index (χ4n) is 3.59. The summed E-state index contributed by atoms with van der Waals surface area (Å²) >= 11 is 0. The zero-order chi connectivity index (χ0) is 20.5. The Morgan fingerprint density at radius 1 is 1.17 bits per heavy atom. The van der Waals surface area contributed by atoms with Crippen LogP contribution < -0.4 is 21.3 Å². The lowest BCUT2D eigenvalue weighted by Crippen LogP contribution is -2.61. The summed E-state index contributed by atoms with van der Waals surface area (Å²) in [6.07, 6.45) is -0.970. The van der Waals surface area contributed by atoms with E-state index in [1.807, 2.05) is 0 Å². The number of esters is 1. The Bertz CT molecular complexity index is 925. The van der Waals surface area contributed by atoms with Crippen molar-refractivity contribution in [3.63, 3.8) is 0 Å². The van der Waals surface area contributed by atoms with Crippen LogP contribution >= 0.6 is 0 Å². The third-order valence-corrected chi connectivity index (χ3v) is 4.91. The van der Waals surface area contributed by atoms with Crippen molar-refractivity contribution in [2.45, 2.75) is 19.1 Å². The van der Waals surface area contributed by atoms with E-state index in [2.05, 4.69) is 16.2 Å². The molecule has 29 heavy (non-hydrogen) atoms. The van der Waals surface area contributed by atoms with E-state index >= 15 is 0 Å². The maximum absolute atomic E-state index is 13.3. The molecule has 0 bridgehead atoms. The Morgan fingerprint density at radius 2 is 1.90 bits per heavy atom. The van der Waals surface area contributed by atoms with Crippen LogP contribution in [0.2, 0.25) is 0 Å². The molecule has 2 heterocycles. The molecule has 2 aromatic rings. The van der Waals surface area contributed by atoms with Crippen molar-refractivity contribution in [2.24, 2.45) is 5.92 Å². The number of benzene rings is 2. The summed E-state index contributed by atoms with van der Waals surface area (Å²) in [6, 6.07) is 11.1. The number of amides is 2. The maximum Gasteiger partial charge on any atom is 0.344 e. The Balaban J connectivity index is 1.69. The standard InChI is InChI=1S/C19H20FN5O4/c1-2-29-18(26)15-16(11-7-9-12(20)10-8-11)22-23-17(15)24-19(27)21-13-5-3-4-6-14(13)25(24)28/h3-10,15-17,22-23,28H,2H2,1H3,(H,21,27). The molecular formula is C19H20FN5O4. The van der Waals surface area contributed by atoms with Crippen LogP contribution in [-0.4, -0.2) is 35.0 Å². The number of ether oxygens (including phenoxy) is 1. The van der Waals surface area contributed by atoms with Crippen LogP contribution in [0.5, 0.6) is 0 Å². The van der Waals surface area contributed by atoms with Gasteiger partial charge in [-0.2, -0.15) is 10.2 Å². The molecule has 0 radical (unpaired) electrons. The van der Waals surface area contributed by atoms with Gasteiger partial charge in [0, 0.05) is 0 Å². The first-order valence-electron chi connectivity index (χ1n) is 9.12. The molecule has 1 fully saturated rings. The van der Waals surface area contributed by atoms with Crippen molar-refractivity contribution in [1.29, 1.82) is 0 Å². The molecule has 2 aromatic carbocycles. The number of anilines is 2. The average molecular weight is 401 g/mol. The number of urea groups is 1. The molecule has 4 rings (SSSR count). The van der Waals surface area contributed by atoms with Crippen molar-refractivity contribution in [1.82, 2.24) is 15.9 Å². The summed E-state index contributed by atoms with van der Waals surface area (Å²) in [6.45, 7) is 1.83. The fraction of sp³-hybridized carbons (Fsp3) is 0.263. The number of fused-ring (bicyclic) bond motifs is 1. The lowest BCUT2D eigenvalue weighted by Gasteiger charge is -2.40. The van der Waals surface area contributed by atoms with E-state index in [1.54, 1.807) is 43.3 Å². The van der Waals surface area contributed by atoms with Gasteiger partial charge in [0.25, 0.3) is 0 Å². The topological polar surface area (TPSA) is 106 Å². The number of halogens is 1. The van der Waals surface area contributed by atoms with Gasteiger partial charge in [-0.15, -0.1) is 0 Å². The molecule has 1 saturated heterocycles. The van der Waals surface area contributed by atoms with E-state index in [-0.39, 0.29) is 6.61 Å². The number of rotatable bonds is 4. The third-order valence-electron chi connectivity index (χ3n) is 4.91. The van der Waals surface area contributed by atoms with Gasteiger partial charge < -0.3 is 10.1 Å². The molecule has 0 aliphatic carbocycles. The molecule has 2 aliphatic rings. The van der Waals surface area contributed by atoms with Gasteiger partial charge in [0.15, 0.2) is 0 Å². The van der Waals surface area contributed by atoms with E-state index in [9.17, 15) is 19.2 Å². The molecule has 152 valence electrons. The predicted octanol–water partition coefficient (Wildman–Crippen LogP) is 2.14. The number of hydrazine groups is 2. The van der Waals surface area contributed by atoms with Crippen molar-refractivity contribution < 1.29 is 23.9 Å². The lowest BCUT2D eigenvalue weighted by molar-refractivity contribution is -0.150. The lowest BCUT2D eigenvalue weighted by atomic mass is 9.92. The largest absolute Gasteiger partial charge is 0.466 e. The van der Waals surface area contributed by atoms with Gasteiger partial charge in [0.1, 0.15) is 23.6 Å². The fourth-order valence-corrected chi connectivity index (χ4v) is 3.59. The zero-order valence-electron chi connectivity index (χ0n) is 15.5. The highest BCUT2D eigenvalue weighted by molar-refractivity contribution is 5.97. The molecular weight excluding hydrogens is 381 g/mol. The number of nitrogens with zero attached hydrogens (tertiary/aromatic N) is 2. The van der Waals surface area contributed by atoms with Crippen LogP contribution in [0.1, 0.15) is 18.5 Å². The zero-order valence-corrected chi connectivity index (χ0v) is 15.5. The summed E-state index contributed by atoms with van der Waals surface area (Å²) in [5, 5.41) is 15.1. The van der Waals surface area contributed by atoms with E-state index in [0.29, 0.717) is 22.1 Å². The van der Waals surface area contributed by atoms with Gasteiger partial charge in [0.2, 0.25) is 0 Å². The van der Waals surface area contributed by atoms with Crippen LogP contribution in [0, 0.1) is 11.7 Å². The molecule has 2 amide bonds. The predicted molar refractivity (Wildman–Crippen MR) is 101 cm³/mol. The number of carbonyl (C=O) groups excluding carboxylic acids is 2. The van der Waals surface area contributed by atoms with Gasteiger partial charge in [-0.3, -0.25) is 10.0 Å². The minimum Gasteiger partial charge on any atom is -0.466 e. The average Bonchev–Trinajstić information content (AvgIpc) is 3.13. The highest BCUT2D eigenvalue weighted by Gasteiger charge is 2.50. The molecule has 3 unspecified atom stereocenters. The molecule has 3 atom stereocenters. The Hall–Kier alpha value is -3.21. The van der Waals surface area contributed by atoms with Crippen molar-refractivity contribution >= 4 is 23.4 Å². The first-order valence-corrected chi connectivity index (χ1v) is 9.12. The summed E-state index contributed by atoms with van der Waals surface area (Å²) in [4.78, 5) is 25.5. The van der Waals surface area contributed by atoms with Crippen molar-refractivity contribution in [2.75, 3.05) is 17.1 Å². The van der Waals surface area contributed by atoms with Gasteiger partial charge in [0.05, 0.1) is 18.3 Å². The summed E-state index contributed by atoms with van der Waals surface area (Å²) < 4.78 is 18.5. The van der Waals surface area contributed by atoms with Crippen molar-refractivity contribution in [3.8, 4) is 0 Å². The van der Waals surface area contributed by atoms with Crippen LogP contribution in [0.15, 0.2) is 48.5 Å². The first-order chi connectivity index (χ1) is 14.0. The molecule has 0 saturated carbocycles. The SMILES string of the molecule is CCOC(=O)C1C(c2ccc(F)cc2)NNC1N1C(=O)Nc2ccccc2N1O. The number of nitrogens with one attached hydrogen (secondary N) is 3. The highest BCUT2D eigenvalue weighted by Crippen LogP contribution is 2.36. The minimum absolute atomic E-state index is 0.149. The Morgan fingerprint density at radius 3 is 2.62 bits per heavy atom. The van der Waals surface area contributed by atoms with Gasteiger partial charge >= 0.3 is 12.0 Å².